The maximum Gasteiger partial charge on any atom is 0.226 e. The van der Waals surface area contributed by atoms with Crippen LogP contribution in [0.5, 0.6) is 0 Å². The van der Waals surface area contributed by atoms with Crippen LogP contribution >= 0.6 is 0 Å². The summed E-state index contributed by atoms with van der Waals surface area (Å²) in [5.41, 5.74) is 8.01. The molecule has 0 atom stereocenters. The fourth-order valence-electron chi connectivity index (χ4n) is 3.01. The average molecular weight is 221 g/mol. The first-order valence-corrected chi connectivity index (χ1v) is 6.31. The third-order valence-corrected chi connectivity index (χ3v) is 3.99. The standard InChI is InChI=1S/C12H19N3O/c13-12-10-8-15(7-6-11(10)14-16-12)9-4-2-1-3-5-9/h9H,1-8,13H2. The molecule has 0 unspecified atom stereocenters. The van der Waals surface area contributed by atoms with Crippen LogP contribution in [0, 0.1) is 0 Å². The minimum Gasteiger partial charge on any atom is -0.367 e. The third kappa shape index (κ3) is 1.71. The van der Waals surface area contributed by atoms with Crippen LogP contribution in [-0.4, -0.2) is 22.6 Å². The molecular formula is C12H19N3O. The Morgan fingerprint density at radius 1 is 1.25 bits per heavy atom. The van der Waals surface area contributed by atoms with Crippen LogP contribution in [0.15, 0.2) is 4.52 Å². The summed E-state index contributed by atoms with van der Waals surface area (Å²) < 4.78 is 5.05. The lowest BCUT2D eigenvalue weighted by Crippen LogP contribution is -2.40. The van der Waals surface area contributed by atoms with Crippen LogP contribution in [0.3, 0.4) is 0 Å². The predicted molar refractivity (Wildman–Crippen MR) is 61.9 cm³/mol. The van der Waals surface area contributed by atoms with Gasteiger partial charge in [0, 0.05) is 25.6 Å². The van der Waals surface area contributed by atoms with Crippen molar-refractivity contribution in [3.05, 3.63) is 11.3 Å². The molecule has 4 heteroatoms. The highest BCUT2D eigenvalue weighted by Crippen LogP contribution is 2.29. The lowest BCUT2D eigenvalue weighted by molar-refractivity contribution is 0.141. The second-order valence-corrected chi connectivity index (χ2v) is 4.98. The molecule has 88 valence electrons. The Morgan fingerprint density at radius 3 is 2.88 bits per heavy atom. The van der Waals surface area contributed by atoms with E-state index >= 15 is 0 Å². The Morgan fingerprint density at radius 2 is 2.06 bits per heavy atom. The summed E-state index contributed by atoms with van der Waals surface area (Å²) >= 11 is 0. The first kappa shape index (κ1) is 10.1. The molecule has 1 aliphatic heterocycles. The zero-order valence-electron chi connectivity index (χ0n) is 9.61. The molecule has 2 N–H and O–H groups in total. The molecule has 0 bridgehead atoms. The van der Waals surface area contributed by atoms with Crippen LogP contribution in [0.2, 0.25) is 0 Å². The van der Waals surface area contributed by atoms with E-state index < -0.39 is 0 Å². The lowest BCUT2D eigenvalue weighted by atomic mass is 9.92. The largest absolute Gasteiger partial charge is 0.367 e. The molecule has 1 aromatic heterocycles. The zero-order valence-corrected chi connectivity index (χ0v) is 9.61. The fraction of sp³-hybridized carbons (Fsp3) is 0.750. The molecule has 1 aromatic rings. The molecule has 2 heterocycles. The molecule has 0 saturated heterocycles. The van der Waals surface area contributed by atoms with E-state index in [0.717, 1.165) is 36.8 Å². The highest BCUT2D eigenvalue weighted by molar-refractivity contribution is 5.40. The van der Waals surface area contributed by atoms with E-state index in [2.05, 4.69) is 10.1 Å². The van der Waals surface area contributed by atoms with Gasteiger partial charge < -0.3 is 10.3 Å². The van der Waals surface area contributed by atoms with Gasteiger partial charge in [0.05, 0.1) is 11.3 Å². The summed E-state index contributed by atoms with van der Waals surface area (Å²) in [5.74, 6) is 0.524. The highest BCUT2D eigenvalue weighted by Gasteiger charge is 2.28. The Hall–Kier alpha value is -1.03. The van der Waals surface area contributed by atoms with Crippen LogP contribution in [0.4, 0.5) is 5.88 Å². The fourth-order valence-corrected chi connectivity index (χ4v) is 3.01. The maximum atomic E-state index is 5.80. The number of aromatic nitrogens is 1. The molecule has 1 saturated carbocycles. The van der Waals surface area contributed by atoms with Crippen molar-refractivity contribution in [1.82, 2.24) is 10.1 Å². The third-order valence-electron chi connectivity index (χ3n) is 3.99. The zero-order chi connectivity index (χ0) is 11.0. The number of nitrogens with two attached hydrogens (primary N) is 1. The SMILES string of the molecule is Nc1onc2c1CN(C1CCCCC1)CC2. The van der Waals surface area contributed by atoms with Gasteiger partial charge in [-0.2, -0.15) is 0 Å². The predicted octanol–water partition coefficient (Wildman–Crippen LogP) is 1.95. The molecule has 16 heavy (non-hydrogen) atoms. The first-order valence-electron chi connectivity index (χ1n) is 6.31. The number of hydrogen-bond acceptors (Lipinski definition) is 4. The smallest absolute Gasteiger partial charge is 0.226 e. The van der Waals surface area contributed by atoms with Crippen molar-refractivity contribution >= 4 is 5.88 Å². The van der Waals surface area contributed by atoms with Gasteiger partial charge in [-0.3, -0.25) is 4.90 Å². The number of anilines is 1. The number of hydrogen-bond donors (Lipinski definition) is 1. The van der Waals surface area contributed by atoms with E-state index in [1.807, 2.05) is 0 Å². The van der Waals surface area contributed by atoms with E-state index in [-0.39, 0.29) is 0 Å². The van der Waals surface area contributed by atoms with Crippen molar-refractivity contribution in [2.24, 2.45) is 0 Å². The van der Waals surface area contributed by atoms with Gasteiger partial charge >= 0.3 is 0 Å². The highest BCUT2D eigenvalue weighted by atomic mass is 16.5. The van der Waals surface area contributed by atoms with Gasteiger partial charge in [-0.05, 0) is 12.8 Å². The second kappa shape index (κ2) is 4.09. The van der Waals surface area contributed by atoms with Crippen molar-refractivity contribution in [3.63, 3.8) is 0 Å². The van der Waals surface area contributed by atoms with Crippen molar-refractivity contribution in [3.8, 4) is 0 Å². The van der Waals surface area contributed by atoms with Gasteiger partial charge in [-0.25, -0.2) is 0 Å². The van der Waals surface area contributed by atoms with E-state index in [0.29, 0.717) is 5.88 Å². The maximum absolute atomic E-state index is 5.80. The molecule has 3 rings (SSSR count). The van der Waals surface area contributed by atoms with E-state index in [1.54, 1.807) is 0 Å². The van der Waals surface area contributed by atoms with E-state index in [1.165, 1.54) is 32.1 Å². The Bertz CT molecular complexity index is 368. The monoisotopic (exact) mass is 221 g/mol. The van der Waals surface area contributed by atoms with Crippen LogP contribution < -0.4 is 5.73 Å². The van der Waals surface area contributed by atoms with Crippen molar-refractivity contribution < 1.29 is 4.52 Å². The van der Waals surface area contributed by atoms with Crippen molar-refractivity contribution in [1.29, 1.82) is 0 Å². The van der Waals surface area contributed by atoms with Gasteiger partial charge in [-0.15, -0.1) is 0 Å². The van der Waals surface area contributed by atoms with Gasteiger partial charge in [-0.1, -0.05) is 24.4 Å². The molecule has 0 aromatic carbocycles. The molecule has 0 spiro atoms. The van der Waals surface area contributed by atoms with Gasteiger partial charge in [0.2, 0.25) is 5.88 Å². The summed E-state index contributed by atoms with van der Waals surface area (Å²) in [6.45, 7) is 2.05. The topological polar surface area (TPSA) is 55.3 Å². The van der Waals surface area contributed by atoms with E-state index in [4.69, 9.17) is 10.3 Å². The molecule has 1 aliphatic carbocycles. The molecule has 0 amide bonds. The Balaban J connectivity index is 1.73. The summed E-state index contributed by atoms with van der Waals surface area (Å²) in [6, 6.07) is 0.760. The minimum absolute atomic E-state index is 0.524. The average Bonchev–Trinajstić information content (AvgIpc) is 2.72. The van der Waals surface area contributed by atoms with Gasteiger partial charge in [0.1, 0.15) is 0 Å². The molecular weight excluding hydrogens is 202 g/mol. The molecule has 2 aliphatic rings. The van der Waals surface area contributed by atoms with Crippen molar-refractivity contribution in [2.75, 3.05) is 12.3 Å². The molecule has 4 nitrogen and oxygen atoms in total. The van der Waals surface area contributed by atoms with Crippen molar-refractivity contribution in [2.45, 2.75) is 51.1 Å². The van der Waals surface area contributed by atoms with Crippen LogP contribution in [-0.2, 0) is 13.0 Å². The quantitative estimate of drug-likeness (QED) is 0.787. The Kier molecular flexibility index (Phi) is 2.59. The number of nitrogens with zero attached hydrogens (tertiary/aromatic N) is 2. The Labute approximate surface area is 95.8 Å². The summed E-state index contributed by atoms with van der Waals surface area (Å²) in [5, 5.41) is 4.01. The molecule has 1 fully saturated rings. The summed E-state index contributed by atoms with van der Waals surface area (Å²) in [7, 11) is 0. The van der Waals surface area contributed by atoms with Crippen LogP contribution in [0.25, 0.3) is 0 Å². The summed E-state index contributed by atoms with van der Waals surface area (Å²) in [6.07, 6.45) is 7.86. The van der Waals surface area contributed by atoms with Crippen LogP contribution in [0.1, 0.15) is 43.4 Å². The number of nitrogen functional groups attached to an aromatic ring is 1. The molecule has 0 radical (unpaired) electrons. The lowest BCUT2D eigenvalue weighted by Gasteiger charge is -2.36. The second-order valence-electron chi connectivity index (χ2n) is 4.98. The minimum atomic E-state index is 0.524. The number of fused-ring (bicyclic) bond motifs is 1. The van der Waals surface area contributed by atoms with Gasteiger partial charge in [0.15, 0.2) is 0 Å². The normalized spacial score (nSPS) is 23.2. The van der Waals surface area contributed by atoms with E-state index in [9.17, 15) is 0 Å². The summed E-state index contributed by atoms with van der Waals surface area (Å²) in [4.78, 5) is 2.56. The number of rotatable bonds is 1. The first-order chi connectivity index (χ1) is 7.84. The van der Waals surface area contributed by atoms with Gasteiger partial charge in [0.25, 0.3) is 0 Å².